The van der Waals surface area contributed by atoms with Crippen molar-refractivity contribution in [2.24, 2.45) is 11.7 Å². The number of carbonyl (C=O) groups is 2. The molecule has 0 aliphatic rings. The smallest absolute Gasteiger partial charge is 0.323 e. The molecule has 4 heteroatoms. The molecule has 0 rings (SSSR count). The van der Waals surface area contributed by atoms with Crippen LogP contribution in [-0.4, -0.2) is 23.4 Å². The molecule has 0 amide bonds. The Bertz CT molecular complexity index is 255. The molecule has 0 aromatic heterocycles. The second-order valence-corrected chi connectivity index (χ2v) is 5.12. The van der Waals surface area contributed by atoms with E-state index in [-0.39, 0.29) is 18.1 Å². The number of nitrogens with two attached hydrogens (primary N) is 1. The molecule has 0 saturated carbocycles. The van der Waals surface area contributed by atoms with Crippen molar-refractivity contribution >= 4 is 11.8 Å². The standard InChI is InChI=1S/C12H23NO3/c1-6-8(2)10(14)7-9(13)11(15)16-12(3,4)5/h8-9H,6-7,13H2,1-5H3. The van der Waals surface area contributed by atoms with Crippen LogP contribution in [0.5, 0.6) is 0 Å². The second kappa shape index (κ2) is 5.99. The topological polar surface area (TPSA) is 69.4 Å². The molecule has 0 aliphatic carbocycles. The highest BCUT2D eigenvalue weighted by molar-refractivity contribution is 5.87. The number of rotatable bonds is 5. The van der Waals surface area contributed by atoms with Gasteiger partial charge < -0.3 is 10.5 Å². The first-order chi connectivity index (χ1) is 7.17. The fourth-order valence-electron chi connectivity index (χ4n) is 1.11. The lowest BCUT2D eigenvalue weighted by atomic mass is 9.98. The second-order valence-electron chi connectivity index (χ2n) is 5.12. The Balaban J connectivity index is 4.21. The zero-order valence-electron chi connectivity index (χ0n) is 10.9. The van der Waals surface area contributed by atoms with Gasteiger partial charge in [0.2, 0.25) is 0 Å². The number of esters is 1. The van der Waals surface area contributed by atoms with Gasteiger partial charge in [0.05, 0.1) is 0 Å². The van der Waals surface area contributed by atoms with Crippen LogP contribution < -0.4 is 5.73 Å². The molecule has 2 atom stereocenters. The van der Waals surface area contributed by atoms with Crippen LogP contribution >= 0.6 is 0 Å². The van der Waals surface area contributed by atoms with Crippen molar-refractivity contribution in [2.75, 3.05) is 0 Å². The minimum Gasteiger partial charge on any atom is -0.459 e. The van der Waals surface area contributed by atoms with Crippen molar-refractivity contribution in [1.82, 2.24) is 0 Å². The van der Waals surface area contributed by atoms with Crippen molar-refractivity contribution in [3.63, 3.8) is 0 Å². The molecule has 0 spiro atoms. The first-order valence-corrected chi connectivity index (χ1v) is 5.68. The summed E-state index contributed by atoms with van der Waals surface area (Å²) in [6.07, 6.45) is 0.823. The summed E-state index contributed by atoms with van der Waals surface area (Å²) in [7, 11) is 0. The first-order valence-electron chi connectivity index (χ1n) is 5.68. The Morgan fingerprint density at radius 3 is 2.19 bits per heavy atom. The molecule has 2 unspecified atom stereocenters. The monoisotopic (exact) mass is 229 g/mol. The van der Waals surface area contributed by atoms with E-state index in [1.165, 1.54) is 0 Å². The zero-order valence-corrected chi connectivity index (χ0v) is 10.9. The number of ether oxygens (including phenoxy) is 1. The van der Waals surface area contributed by atoms with Gasteiger partial charge in [-0.05, 0) is 27.2 Å². The van der Waals surface area contributed by atoms with E-state index < -0.39 is 17.6 Å². The SMILES string of the molecule is CCC(C)C(=O)CC(N)C(=O)OC(C)(C)C. The zero-order chi connectivity index (χ0) is 12.9. The van der Waals surface area contributed by atoms with Gasteiger partial charge in [0, 0.05) is 12.3 Å². The summed E-state index contributed by atoms with van der Waals surface area (Å²) in [5.74, 6) is -0.543. The van der Waals surface area contributed by atoms with Gasteiger partial charge in [-0.1, -0.05) is 13.8 Å². The normalized spacial score (nSPS) is 15.4. The van der Waals surface area contributed by atoms with Crippen molar-refractivity contribution in [2.45, 2.75) is 59.1 Å². The van der Waals surface area contributed by atoms with Crippen LogP contribution in [-0.2, 0) is 14.3 Å². The Kier molecular flexibility index (Phi) is 5.65. The quantitative estimate of drug-likeness (QED) is 0.728. The Morgan fingerprint density at radius 1 is 1.31 bits per heavy atom. The van der Waals surface area contributed by atoms with Crippen LogP contribution in [0.25, 0.3) is 0 Å². The highest BCUT2D eigenvalue weighted by Gasteiger charge is 2.25. The van der Waals surface area contributed by atoms with E-state index in [2.05, 4.69) is 0 Å². The van der Waals surface area contributed by atoms with E-state index >= 15 is 0 Å². The van der Waals surface area contributed by atoms with E-state index in [4.69, 9.17) is 10.5 Å². The van der Waals surface area contributed by atoms with E-state index in [0.717, 1.165) is 6.42 Å². The number of Topliss-reactive ketones (excluding diaryl/α,β-unsaturated/α-hetero) is 1. The third-order valence-corrected chi connectivity index (χ3v) is 2.29. The molecule has 94 valence electrons. The van der Waals surface area contributed by atoms with Gasteiger partial charge in [0.1, 0.15) is 17.4 Å². The predicted octanol–water partition coefficient (Wildman–Crippen LogP) is 1.66. The first kappa shape index (κ1) is 15.1. The van der Waals surface area contributed by atoms with Crippen LogP contribution in [0.4, 0.5) is 0 Å². The highest BCUT2D eigenvalue weighted by atomic mass is 16.6. The van der Waals surface area contributed by atoms with E-state index in [1.807, 2.05) is 13.8 Å². The number of hydrogen-bond donors (Lipinski definition) is 1. The average molecular weight is 229 g/mol. The molecule has 16 heavy (non-hydrogen) atoms. The molecule has 0 heterocycles. The van der Waals surface area contributed by atoms with Crippen LogP contribution in [0.15, 0.2) is 0 Å². The molecular formula is C12H23NO3. The lowest BCUT2D eigenvalue weighted by Gasteiger charge is -2.22. The third kappa shape index (κ3) is 5.85. The van der Waals surface area contributed by atoms with E-state index in [0.29, 0.717) is 0 Å². The molecule has 0 bridgehead atoms. The summed E-state index contributed by atoms with van der Waals surface area (Å²) in [6, 6.07) is -0.847. The van der Waals surface area contributed by atoms with Crippen LogP contribution in [0.2, 0.25) is 0 Å². The van der Waals surface area contributed by atoms with Gasteiger partial charge >= 0.3 is 5.97 Å². The Hall–Kier alpha value is -0.900. The van der Waals surface area contributed by atoms with Crippen molar-refractivity contribution in [3.05, 3.63) is 0 Å². The van der Waals surface area contributed by atoms with Gasteiger partial charge in [0.25, 0.3) is 0 Å². The van der Waals surface area contributed by atoms with Crippen molar-refractivity contribution in [1.29, 1.82) is 0 Å². The summed E-state index contributed by atoms with van der Waals surface area (Å²) >= 11 is 0. The summed E-state index contributed by atoms with van der Waals surface area (Å²) in [4.78, 5) is 23.1. The lowest BCUT2D eigenvalue weighted by Crippen LogP contribution is -2.39. The van der Waals surface area contributed by atoms with Gasteiger partial charge in [-0.15, -0.1) is 0 Å². The van der Waals surface area contributed by atoms with Crippen LogP contribution in [0.1, 0.15) is 47.5 Å². The van der Waals surface area contributed by atoms with Crippen LogP contribution in [0.3, 0.4) is 0 Å². The average Bonchev–Trinajstić information content (AvgIpc) is 2.13. The molecule has 0 fully saturated rings. The maximum absolute atomic E-state index is 11.6. The molecular weight excluding hydrogens is 206 g/mol. The van der Waals surface area contributed by atoms with Gasteiger partial charge in [0.15, 0.2) is 0 Å². The van der Waals surface area contributed by atoms with E-state index in [1.54, 1.807) is 20.8 Å². The summed E-state index contributed by atoms with van der Waals surface area (Å²) < 4.78 is 5.10. The van der Waals surface area contributed by atoms with Gasteiger partial charge in [-0.25, -0.2) is 0 Å². The Morgan fingerprint density at radius 2 is 1.81 bits per heavy atom. The largest absolute Gasteiger partial charge is 0.459 e. The molecule has 0 aromatic carbocycles. The molecule has 0 aliphatic heterocycles. The number of hydrogen-bond acceptors (Lipinski definition) is 4. The summed E-state index contributed by atoms with van der Waals surface area (Å²) in [5, 5.41) is 0. The molecule has 2 N–H and O–H groups in total. The summed E-state index contributed by atoms with van der Waals surface area (Å²) in [6.45, 7) is 9.09. The van der Waals surface area contributed by atoms with Crippen molar-refractivity contribution < 1.29 is 14.3 Å². The fourth-order valence-corrected chi connectivity index (χ4v) is 1.11. The maximum Gasteiger partial charge on any atom is 0.323 e. The molecule has 4 nitrogen and oxygen atoms in total. The van der Waals surface area contributed by atoms with Crippen molar-refractivity contribution in [3.8, 4) is 0 Å². The Labute approximate surface area is 97.5 Å². The van der Waals surface area contributed by atoms with Gasteiger partial charge in [-0.3, -0.25) is 9.59 Å². The maximum atomic E-state index is 11.6. The lowest BCUT2D eigenvalue weighted by molar-refractivity contribution is -0.157. The molecule has 0 aromatic rings. The minimum absolute atomic E-state index is 0.0147. The van der Waals surface area contributed by atoms with Crippen LogP contribution in [0, 0.1) is 5.92 Å². The highest BCUT2D eigenvalue weighted by Crippen LogP contribution is 2.11. The molecule has 0 saturated heterocycles. The predicted molar refractivity (Wildman–Crippen MR) is 62.9 cm³/mol. The summed E-state index contributed by atoms with van der Waals surface area (Å²) in [5.41, 5.74) is 5.06. The fraction of sp³-hybridized carbons (Fsp3) is 0.833. The third-order valence-electron chi connectivity index (χ3n) is 2.29. The minimum atomic E-state index is -0.847. The molecule has 0 radical (unpaired) electrons. The number of carbonyl (C=O) groups excluding carboxylic acids is 2. The number of ketones is 1. The van der Waals surface area contributed by atoms with E-state index in [9.17, 15) is 9.59 Å². The van der Waals surface area contributed by atoms with Gasteiger partial charge in [-0.2, -0.15) is 0 Å².